The summed E-state index contributed by atoms with van der Waals surface area (Å²) in [6.07, 6.45) is 1.67. The van der Waals surface area contributed by atoms with Gasteiger partial charge in [-0.05, 0) is 24.3 Å². The van der Waals surface area contributed by atoms with Gasteiger partial charge in [0.1, 0.15) is 5.75 Å². The molecule has 0 spiro atoms. The molecule has 0 radical (unpaired) electrons. The largest absolute Gasteiger partial charge is 0.496 e. The van der Waals surface area contributed by atoms with Gasteiger partial charge < -0.3 is 9.64 Å². The SMILES string of the molecule is COc1ccnc2ccc(N3CC(F)(F)C3)cc12. The number of pyridine rings is 1. The van der Waals surface area contributed by atoms with Crippen LogP contribution in [0.3, 0.4) is 0 Å². The number of methoxy groups -OCH3 is 1. The van der Waals surface area contributed by atoms with E-state index in [1.165, 1.54) is 0 Å². The van der Waals surface area contributed by atoms with Gasteiger partial charge in [0.15, 0.2) is 0 Å². The van der Waals surface area contributed by atoms with Gasteiger partial charge in [0.05, 0.1) is 25.7 Å². The van der Waals surface area contributed by atoms with Crippen LogP contribution in [0.15, 0.2) is 30.5 Å². The van der Waals surface area contributed by atoms with Crippen LogP contribution in [0.2, 0.25) is 0 Å². The van der Waals surface area contributed by atoms with Crippen molar-refractivity contribution in [2.75, 3.05) is 25.1 Å². The molecule has 1 aliphatic heterocycles. The van der Waals surface area contributed by atoms with Gasteiger partial charge in [-0.2, -0.15) is 0 Å². The highest BCUT2D eigenvalue weighted by atomic mass is 19.3. The summed E-state index contributed by atoms with van der Waals surface area (Å²) in [7, 11) is 1.58. The Hall–Kier alpha value is -1.91. The Bertz CT molecular complexity index is 593. The predicted molar refractivity (Wildman–Crippen MR) is 65.5 cm³/mol. The van der Waals surface area contributed by atoms with Gasteiger partial charge in [0, 0.05) is 17.3 Å². The van der Waals surface area contributed by atoms with Crippen LogP contribution in [0.25, 0.3) is 10.9 Å². The van der Waals surface area contributed by atoms with E-state index in [0.29, 0.717) is 5.75 Å². The zero-order valence-corrected chi connectivity index (χ0v) is 9.86. The molecule has 1 aromatic carbocycles. The fourth-order valence-corrected chi connectivity index (χ4v) is 2.18. The summed E-state index contributed by atoms with van der Waals surface area (Å²) in [5, 5.41) is 0.840. The van der Waals surface area contributed by atoms with Crippen molar-refractivity contribution in [1.29, 1.82) is 0 Å². The molecule has 0 saturated carbocycles. The lowest BCUT2D eigenvalue weighted by Gasteiger charge is -2.40. The molecule has 94 valence electrons. The molecule has 0 atom stereocenters. The summed E-state index contributed by atoms with van der Waals surface area (Å²) in [6.45, 7) is -0.442. The topological polar surface area (TPSA) is 25.4 Å². The van der Waals surface area contributed by atoms with Crippen molar-refractivity contribution in [3.63, 3.8) is 0 Å². The van der Waals surface area contributed by atoms with E-state index in [-0.39, 0.29) is 13.1 Å². The summed E-state index contributed by atoms with van der Waals surface area (Å²) in [5.74, 6) is -1.86. The summed E-state index contributed by atoms with van der Waals surface area (Å²) in [6, 6.07) is 7.24. The molecule has 2 aromatic rings. The molecule has 0 unspecified atom stereocenters. The quantitative estimate of drug-likeness (QED) is 0.819. The fourth-order valence-electron chi connectivity index (χ4n) is 2.18. The normalized spacial score (nSPS) is 17.6. The average molecular weight is 250 g/mol. The van der Waals surface area contributed by atoms with E-state index >= 15 is 0 Å². The molecule has 0 N–H and O–H groups in total. The number of aromatic nitrogens is 1. The summed E-state index contributed by atoms with van der Waals surface area (Å²) in [5.41, 5.74) is 1.57. The molecule has 0 amide bonds. The van der Waals surface area contributed by atoms with E-state index in [4.69, 9.17) is 4.74 Å². The minimum absolute atomic E-state index is 0.221. The van der Waals surface area contributed by atoms with E-state index in [1.807, 2.05) is 18.2 Å². The van der Waals surface area contributed by atoms with E-state index in [9.17, 15) is 8.78 Å². The smallest absolute Gasteiger partial charge is 0.282 e. The van der Waals surface area contributed by atoms with Gasteiger partial charge in [0.25, 0.3) is 5.92 Å². The summed E-state index contributed by atoms with van der Waals surface area (Å²) in [4.78, 5) is 5.86. The minimum Gasteiger partial charge on any atom is -0.496 e. The number of anilines is 1. The number of hydrogen-bond donors (Lipinski definition) is 0. The number of fused-ring (bicyclic) bond motifs is 1. The average Bonchev–Trinajstić information content (AvgIpc) is 2.34. The van der Waals surface area contributed by atoms with Crippen LogP contribution in [-0.2, 0) is 0 Å². The Morgan fingerprint density at radius 3 is 2.72 bits per heavy atom. The van der Waals surface area contributed by atoms with Crippen LogP contribution in [0.5, 0.6) is 5.75 Å². The van der Waals surface area contributed by atoms with Crippen LogP contribution in [0.4, 0.5) is 14.5 Å². The maximum Gasteiger partial charge on any atom is 0.282 e. The summed E-state index contributed by atoms with van der Waals surface area (Å²) >= 11 is 0. The van der Waals surface area contributed by atoms with Gasteiger partial charge in [-0.1, -0.05) is 0 Å². The molecule has 1 aromatic heterocycles. The second kappa shape index (κ2) is 3.80. The zero-order valence-electron chi connectivity index (χ0n) is 9.86. The predicted octanol–water partition coefficient (Wildman–Crippen LogP) is 2.70. The Balaban J connectivity index is 2.00. The van der Waals surface area contributed by atoms with Crippen LogP contribution in [0.1, 0.15) is 0 Å². The maximum atomic E-state index is 12.9. The van der Waals surface area contributed by atoms with Gasteiger partial charge in [-0.15, -0.1) is 0 Å². The molecule has 5 heteroatoms. The second-order valence-corrected chi connectivity index (χ2v) is 4.43. The van der Waals surface area contributed by atoms with Crippen LogP contribution in [0, 0.1) is 0 Å². The van der Waals surface area contributed by atoms with Crippen molar-refractivity contribution < 1.29 is 13.5 Å². The lowest BCUT2D eigenvalue weighted by Crippen LogP contribution is -2.56. The first kappa shape index (κ1) is 11.2. The summed E-state index contributed by atoms with van der Waals surface area (Å²) < 4.78 is 31.0. The Kier molecular flexibility index (Phi) is 2.36. The van der Waals surface area contributed by atoms with Gasteiger partial charge in [-0.3, -0.25) is 4.98 Å². The minimum atomic E-state index is -2.56. The third kappa shape index (κ3) is 1.75. The first-order valence-corrected chi connectivity index (χ1v) is 5.65. The monoisotopic (exact) mass is 250 g/mol. The number of rotatable bonds is 2. The Morgan fingerprint density at radius 1 is 1.28 bits per heavy atom. The number of halogens is 2. The Labute approximate surface area is 103 Å². The molecule has 2 heterocycles. The van der Waals surface area contributed by atoms with E-state index in [1.54, 1.807) is 24.3 Å². The molecule has 1 aliphatic rings. The van der Waals surface area contributed by atoms with Gasteiger partial charge >= 0.3 is 0 Å². The molecule has 3 nitrogen and oxygen atoms in total. The van der Waals surface area contributed by atoms with E-state index < -0.39 is 5.92 Å². The number of benzene rings is 1. The van der Waals surface area contributed by atoms with Crippen molar-refractivity contribution in [3.8, 4) is 5.75 Å². The van der Waals surface area contributed by atoms with Crippen molar-refractivity contribution >= 4 is 16.6 Å². The molecule has 3 rings (SSSR count). The standard InChI is InChI=1S/C13H12F2N2O/c1-18-12-4-5-16-11-3-2-9(6-10(11)12)17-7-13(14,15)8-17/h2-6H,7-8H2,1H3. The molecule has 18 heavy (non-hydrogen) atoms. The highest BCUT2D eigenvalue weighted by Gasteiger charge is 2.43. The third-order valence-corrected chi connectivity index (χ3v) is 3.11. The molecule has 1 fully saturated rings. The molecular weight excluding hydrogens is 238 g/mol. The maximum absolute atomic E-state index is 12.9. The number of hydrogen-bond acceptors (Lipinski definition) is 3. The van der Waals surface area contributed by atoms with Crippen molar-refractivity contribution in [2.24, 2.45) is 0 Å². The third-order valence-electron chi connectivity index (χ3n) is 3.11. The van der Waals surface area contributed by atoms with E-state index in [0.717, 1.165) is 16.6 Å². The Morgan fingerprint density at radius 2 is 2.06 bits per heavy atom. The number of alkyl halides is 2. The van der Waals surface area contributed by atoms with Crippen LogP contribution in [-0.4, -0.2) is 31.1 Å². The molecular formula is C13H12F2N2O. The molecule has 1 saturated heterocycles. The van der Waals surface area contributed by atoms with Gasteiger partial charge in [-0.25, -0.2) is 8.78 Å². The first-order chi connectivity index (χ1) is 8.59. The molecule has 0 bridgehead atoms. The van der Waals surface area contributed by atoms with Crippen molar-refractivity contribution in [3.05, 3.63) is 30.5 Å². The van der Waals surface area contributed by atoms with Crippen molar-refractivity contribution in [2.45, 2.75) is 5.92 Å². The second-order valence-electron chi connectivity index (χ2n) is 4.43. The molecule has 0 aliphatic carbocycles. The van der Waals surface area contributed by atoms with Gasteiger partial charge in [0.2, 0.25) is 0 Å². The zero-order chi connectivity index (χ0) is 12.8. The van der Waals surface area contributed by atoms with E-state index in [2.05, 4.69) is 4.98 Å². The van der Waals surface area contributed by atoms with Crippen LogP contribution < -0.4 is 9.64 Å². The van der Waals surface area contributed by atoms with Crippen molar-refractivity contribution in [1.82, 2.24) is 4.98 Å². The highest BCUT2D eigenvalue weighted by Crippen LogP contribution is 2.34. The number of nitrogens with zero attached hydrogens (tertiary/aromatic N) is 2. The lowest BCUT2D eigenvalue weighted by molar-refractivity contribution is -0.0262. The highest BCUT2D eigenvalue weighted by molar-refractivity contribution is 5.88. The number of ether oxygens (including phenoxy) is 1. The van der Waals surface area contributed by atoms with Crippen LogP contribution >= 0.6 is 0 Å². The fraction of sp³-hybridized carbons (Fsp3) is 0.308. The lowest BCUT2D eigenvalue weighted by atomic mass is 10.1. The first-order valence-electron chi connectivity index (χ1n) is 5.65.